The Morgan fingerprint density at radius 2 is 1.88 bits per heavy atom. The fraction of sp³-hybridized carbons (Fsp3) is 0.321. The number of nitrogens with zero attached hydrogens (tertiary/aromatic N) is 3. The molecule has 6 nitrogen and oxygen atoms in total. The number of hydrogen-bond donors (Lipinski definition) is 1. The molecule has 0 saturated heterocycles. The van der Waals surface area contributed by atoms with Crippen LogP contribution in [0.1, 0.15) is 54.7 Å². The van der Waals surface area contributed by atoms with Crippen LogP contribution in [0, 0.1) is 6.92 Å². The van der Waals surface area contributed by atoms with Crippen molar-refractivity contribution in [3.05, 3.63) is 77.6 Å². The van der Waals surface area contributed by atoms with E-state index < -0.39 is 0 Å². The van der Waals surface area contributed by atoms with Gasteiger partial charge < -0.3 is 10.1 Å². The molecule has 4 rings (SSSR count). The van der Waals surface area contributed by atoms with Crippen molar-refractivity contribution >= 4 is 16.8 Å². The Hall–Kier alpha value is -3.51. The maximum atomic E-state index is 13.1. The van der Waals surface area contributed by atoms with E-state index in [0.717, 1.165) is 40.0 Å². The molecule has 1 amide bonds. The van der Waals surface area contributed by atoms with Crippen LogP contribution >= 0.6 is 0 Å². The Balaban J connectivity index is 1.66. The van der Waals surface area contributed by atoms with Crippen LogP contribution in [0.4, 0.5) is 0 Å². The monoisotopic (exact) mass is 456 g/mol. The average molecular weight is 457 g/mol. The number of amides is 1. The van der Waals surface area contributed by atoms with Crippen LogP contribution in [-0.2, 0) is 4.74 Å². The molecule has 0 atom stereocenters. The first-order valence-electron chi connectivity index (χ1n) is 11.9. The number of carbonyl (C=O) groups excluding carboxylic acids is 1. The van der Waals surface area contributed by atoms with Gasteiger partial charge in [0.05, 0.1) is 34.4 Å². The number of para-hydroxylation sites is 1. The third kappa shape index (κ3) is 5.02. The van der Waals surface area contributed by atoms with E-state index in [4.69, 9.17) is 9.72 Å². The number of nitrogens with one attached hydrogen (secondary N) is 1. The third-order valence-electron chi connectivity index (χ3n) is 6.01. The average Bonchev–Trinajstić information content (AvgIpc) is 3.24. The minimum absolute atomic E-state index is 0.106. The van der Waals surface area contributed by atoms with Gasteiger partial charge in [-0.15, -0.1) is 0 Å². The second-order valence-corrected chi connectivity index (χ2v) is 8.68. The lowest BCUT2D eigenvalue weighted by molar-refractivity contribution is 0.0946. The van der Waals surface area contributed by atoms with Crippen LogP contribution in [0.5, 0.6) is 0 Å². The Kier molecular flexibility index (Phi) is 7.38. The van der Waals surface area contributed by atoms with Crippen LogP contribution in [0.2, 0.25) is 0 Å². The molecule has 176 valence electrons. The van der Waals surface area contributed by atoms with Crippen LogP contribution in [0.3, 0.4) is 0 Å². The van der Waals surface area contributed by atoms with Crippen molar-refractivity contribution in [3.8, 4) is 16.9 Å². The summed E-state index contributed by atoms with van der Waals surface area (Å²) in [7, 11) is 0. The summed E-state index contributed by atoms with van der Waals surface area (Å²) in [5, 5.41) is 8.49. The summed E-state index contributed by atoms with van der Waals surface area (Å²) >= 11 is 0. The summed E-state index contributed by atoms with van der Waals surface area (Å²) < 4.78 is 7.29. The van der Waals surface area contributed by atoms with Gasteiger partial charge >= 0.3 is 0 Å². The molecular formula is C28H32N4O2. The zero-order chi connectivity index (χ0) is 24.1. The number of fused-ring (bicyclic) bond motifs is 1. The highest BCUT2D eigenvalue weighted by Gasteiger charge is 2.17. The summed E-state index contributed by atoms with van der Waals surface area (Å²) in [5.74, 6) is 0.375. The van der Waals surface area contributed by atoms with Crippen molar-refractivity contribution < 1.29 is 9.53 Å². The first-order chi connectivity index (χ1) is 16.5. The lowest BCUT2D eigenvalue weighted by atomic mass is 10.0. The molecule has 1 N–H and O–H groups in total. The number of rotatable bonds is 9. The fourth-order valence-electron chi connectivity index (χ4n) is 4.04. The van der Waals surface area contributed by atoms with E-state index >= 15 is 0 Å². The van der Waals surface area contributed by atoms with Crippen molar-refractivity contribution in [3.63, 3.8) is 0 Å². The number of aromatic nitrogens is 3. The van der Waals surface area contributed by atoms with E-state index in [1.54, 1.807) is 0 Å². The van der Waals surface area contributed by atoms with E-state index in [2.05, 4.69) is 48.5 Å². The van der Waals surface area contributed by atoms with Gasteiger partial charge in [-0.05, 0) is 56.0 Å². The van der Waals surface area contributed by atoms with E-state index in [-0.39, 0.29) is 5.91 Å². The molecule has 0 aliphatic heterocycles. The largest absolute Gasteiger partial charge is 0.382 e. The van der Waals surface area contributed by atoms with Crippen LogP contribution in [0.25, 0.3) is 27.8 Å². The first kappa shape index (κ1) is 23.6. The van der Waals surface area contributed by atoms with E-state index in [1.165, 1.54) is 5.56 Å². The van der Waals surface area contributed by atoms with Gasteiger partial charge in [0.15, 0.2) is 0 Å². The van der Waals surface area contributed by atoms with Crippen LogP contribution in [-0.4, -0.2) is 40.4 Å². The molecule has 0 unspecified atom stereocenters. The number of carbonyl (C=O) groups is 1. The Labute approximate surface area is 201 Å². The third-order valence-corrected chi connectivity index (χ3v) is 6.01. The van der Waals surface area contributed by atoms with Gasteiger partial charge in [0.1, 0.15) is 0 Å². The zero-order valence-corrected chi connectivity index (χ0v) is 20.3. The van der Waals surface area contributed by atoms with Crippen LogP contribution < -0.4 is 5.32 Å². The second kappa shape index (κ2) is 10.6. The van der Waals surface area contributed by atoms with Gasteiger partial charge in [-0.2, -0.15) is 5.10 Å². The van der Waals surface area contributed by atoms with Gasteiger partial charge in [0.25, 0.3) is 5.91 Å². The zero-order valence-electron chi connectivity index (χ0n) is 20.3. The van der Waals surface area contributed by atoms with E-state index in [9.17, 15) is 4.79 Å². The van der Waals surface area contributed by atoms with Gasteiger partial charge in [-0.25, -0.2) is 9.67 Å². The maximum Gasteiger partial charge on any atom is 0.252 e. The lowest BCUT2D eigenvalue weighted by Gasteiger charge is -2.11. The highest BCUT2D eigenvalue weighted by atomic mass is 16.5. The highest BCUT2D eigenvalue weighted by Crippen LogP contribution is 2.28. The molecule has 4 aromatic rings. The number of hydrogen-bond acceptors (Lipinski definition) is 4. The standard InChI is InChI=1S/C28H32N4O2/c1-5-34-16-8-15-29-28(33)24-17-27(31-26-10-7-6-9-23(24)26)25-18-30-32(20(25)4)22-13-11-21(12-14-22)19(2)3/h6-7,9-14,17-19H,5,8,15-16H2,1-4H3,(H,29,33). The molecule has 34 heavy (non-hydrogen) atoms. The van der Waals surface area contributed by atoms with Gasteiger partial charge in [0.2, 0.25) is 0 Å². The molecule has 0 saturated carbocycles. The fourth-order valence-corrected chi connectivity index (χ4v) is 4.04. The maximum absolute atomic E-state index is 13.1. The summed E-state index contributed by atoms with van der Waals surface area (Å²) in [4.78, 5) is 17.9. The van der Waals surface area contributed by atoms with Gasteiger partial charge in [-0.1, -0.05) is 44.2 Å². The predicted octanol–water partition coefficient (Wildman–Crippen LogP) is 5.68. The number of benzene rings is 2. The summed E-state index contributed by atoms with van der Waals surface area (Å²) in [6, 6.07) is 18.1. The Morgan fingerprint density at radius 1 is 1.12 bits per heavy atom. The molecule has 0 fully saturated rings. The van der Waals surface area contributed by atoms with Gasteiger partial charge in [-0.3, -0.25) is 4.79 Å². The molecule has 0 spiro atoms. The Bertz CT molecular complexity index is 1280. The topological polar surface area (TPSA) is 69.0 Å². The van der Waals surface area contributed by atoms with E-state index in [0.29, 0.717) is 31.2 Å². The molecule has 0 aliphatic carbocycles. The number of ether oxygens (including phenoxy) is 1. The second-order valence-electron chi connectivity index (χ2n) is 8.68. The van der Waals surface area contributed by atoms with Crippen molar-refractivity contribution in [2.45, 2.75) is 40.0 Å². The predicted molar refractivity (Wildman–Crippen MR) is 137 cm³/mol. The van der Waals surface area contributed by atoms with Crippen molar-refractivity contribution in [2.24, 2.45) is 0 Å². The quantitative estimate of drug-likeness (QED) is 0.329. The molecule has 2 aromatic heterocycles. The first-order valence-corrected chi connectivity index (χ1v) is 11.9. The summed E-state index contributed by atoms with van der Waals surface area (Å²) in [6.45, 7) is 10.2. The van der Waals surface area contributed by atoms with E-state index in [1.807, 2.05) is 55.1 Å². The highest BCUT2D eigenvalue weighted by molar-refractivity contribution is 6.07. The molecule has 2 aromatic carbocycles. The molecule has 2 heterocycles. The van der Waals surface area contributed by atoms with Crippen LogP contribution in [0.15, 0.2) is 60.8 Å². The van der Waals surface area contributed by atoms with Crippen molar-refractivity contribution in [1.29, 1.82) is 0 Å². The lowest BCUT2D eigenvalue weighted by Crippen LogP contribution is -2.25. The Morgan fingerprint density at radius 3 is 2.62 bits per heavy atom. The molecule has 0 radical (unpaired) electrons. The SMILES string of the molecule is CCOCCCNC(=O)c1cc(-c2cnn(-c3ccc(C(C)C)cc3)c2C)nc2ccccc12. The minimum atomic E-state index is -0.106. The normalized spacial score (nSPS) is 11.3. The molecule has 6 heteroatoms. The van der Waals surface area contributed by atoms with Crippen molar-refractivity contribution in [1.82, 2.24) is 20.1 Å². The van der Waals surface area contributed by atoms with Gasteiger partial charge in [0, 0.05) is 30.7 Å². The smallest absolute Gasteiger partial charge is 0.252 e. The minimum Gasteiger partial charge on any atom is -0.382 e. The molecule has 0 aliphatic rings. The molecule has 0 bridgehead atoms. The summed E-state index contributed by atoms with van der Waals surface area (Å²) in [5.41, 5.74) is 6.31. The number of pyridine rings is 1. The molecular weight excluding hydrogens is 424 g/mol. The van der Waals surface area contributed by atoms with Crippen molar-refractivity contribution in [2.75, 3.05) is 19.8 Å². The summed E-state index contributed by atoms with van der Waals surface area (Å²) in [6.07, 6.45) is 2.60.